The van der Waals surface area contributed by atoms with E-state index < -0.39 is 32.1 Å². The Morgan fingerprint density at radius 2 is 1.58 bits per heavy atom. The Bertz CT molecular complexity index is 1610. The third kappa shape index (κ3) is 4.97. The molecule has 2 heterocycles. The number of benzene rings is 2. The van der Waals surface area contributed by atoms with E-state index >= 15 is 0 Å². The number of halogens is 1. The van der Waals surface area contributed by atoms with Crippen molar-refractivity contribution in [3.05, 3.63) is 82.8 Å². The number of pyridine rings is 1. The number of aryl methyl sites for hydroxylation is 1. The Kier molecular flexibility index (Phi) is 7.77. The van der Waals surface area contributed by atoms with Gasteiger partial charge in [0, 0.05) is 12.0 Å². The van der Waals surface area contributed by atoms with Crippen molar-refractivity contribution in [3.63, 3.8) is 0 Å². The highest BCUT2D eigenvalue weighted by atomic mass is 32.2. The zero-order chi connectivity index (χ0) is 27.4. The largest absolute Gasteiger partial charge is 0.494 e. The summed E-state index contributed by atoms with van der Waals surface area (Å²) in [7, 11) is -1.70. The summed E-state index contributed by atoms with van der Waals surface area (Å²) < 4.78 is 52.9. The van der Waals surface area contributed by atoms with Gasteiger partial charge in [-0.1, -0.05) is 37.6 Å². The molecule has 0 aliphatic carbocycles. The Labute approximate surface area is 219 Å². The van der Waals surface area contributed by atoms with Crippen LogP contribution >= 0.6 is 0 Å². The van der Waals surface area contributed by atoms with Crippen LogP contribution in [0.4, 0.5) is 4.39 Å². The number of rotatable bonds is 9. The second kappa shape index (κ2) is 11.0. The molecule has 9 nitrogen and oxygen atoms in total. The molecule has 1 N–H and O–H groups in total. The minimum atomic E-state index is -4.54. The molecule has 11 heteroatoms. The molecule has 2 aromatic heterocycles. The Morgan fingerprint density at radius 3 is 2.16 bits per heavy atom. The monoisotopic (exact) mass is 539 g/mol. The zero-order valence-corrected chi connectivity index (χ0v) is 21.8. The number of ether oxygens (including phenoxy) is 2. The number of nitrogens with zero attached hydrogens (tertiary/aromatic N) is 3. The minimum absolute atomic E-state index is 0.156. The van der Waals surface area contributed by atoms with Crippen LogP contribution < -0.4 is 15.0 Å². The van der Waals surface area contributed by atoms with E-state index in [0.29, 0.717) is 17.7 Å². The third-order valence-electron chi connectivity index (χ3n) is 5.92. The lowest BCUT2D eigenvalue weighted by atomic mass is 10.1. The summed E-state index contributed by atoms with van der Waals surface area (Å²) in [6.45, 7) is 1.95. The summed E-state index contributed by atoms with van der Waals surface area (Å²) in [6, 6.07) is 14.6. The van der Waals surface area contributed by atoms with Gasteiger partial charge in [0.1, 0.15) is 23.0 Å². The molecule has 38 heavy (non-hydrogen) atoms. The SMILES string of the molecule is CCCCc1nc(=O)c(S(=O)(=O)c2ccc(-c3cccc(F)n3)cc2)c(O)n1-c1c(OC)cccc1OC. The molecule has 0 spiro atoms. The topological polar surface area (TPSA) is 121 Å². The van der Waals surface area contributed by atoms with E-state index in [-0.39, 0.29) is 34.3 Å². The summed E-state index contributed by atoms with van der Waals surface area (Å²) in [5.41, 5.74) is -0.103. The molecule has 0 amide bonds. The highest BCUT2D eigenvalue weighted by Crippen LogP contribution is 2.38. The molecule has 4 rings (SSSR count). The van der Waals surface area contributed by atoms with Crippen LogP contribution in [-0.2, 0) is 16.3 Å². The van der Waals surface area contributed by atoms with Crippen LogP contribution in [0.25, 0.3) is 16.9 Å². The molecular weight excluding hydrogens is 513 g/mol. The highest BCUT2D eigenvalue weighted by Gasteiger charge is 2.31. The Hall–Kier alpha value is -4.25. The van der Waals surface area contributed by atoms with Crippen molar-refractivity contribution in [1.82, 2.24) is 14.5 Å². The van der Waals surface area contributed by atoms with Gasteiger partial charge in [-0.25, -0.2) is 13.4 Å². The van der Waals surface area contributed by atoms with Gasteiger partial charge in [0.15, 0.2) is 4.90 Å². The normalized spacial score (nSPS) is 11.4. The van der Waals surface area contributed by atoms with Gasteiger partial charge >= 0.3 is 0 Å². The summed E-state index contributed by atoms with van der Waals surface area (Å²) in [5.74, 6) is -0.777. The summed E-state index contributed by atoms with van der Waals surface area (Å²) >= 11 is 0. The smallest absolute Gasteiger partial charge is 0.296 e. The van der Waals surface area contributed by atoms with E-state index in [1.54, 1.807) is 24.3 Å². The quantitative estimate of drug-likeness (QED) is 0.312. The predicted octanol–water partition coefficient (Wildman–Crippen LogP) is 4.33. The molecule has 0 saturated carbocycles. The molecule has 198 valence electrons. The number of sulfone groups is 1. The number of unbranched alkanes of at least 4 members (excludes halogenated alkanes) is 1. The molecule has 0 radical (unpaired) electrons. The van der Waals surface area contributed by atoms with Crippen LogP contribution in [0.15, 0.2) is 75.2 Å². The third-order valence-corrected chi connectivity index (χ3v) is 7.71. The van der Waals surface area contributed by atoms with Gasteiger partial charge in [-0.15, -0.1) is 0 Å². The lowest BCUT2D eigenvalue weighted by Crippen LogP contribution is -2.25. The first-order valence-corrected chi connectivity index (χ1v) is 13.3. The predicted molar refractivity (Wildman–Crippen MR) is 138 cm³/mol. The Morgan fingerprint density at radius 1 is 0.947 bits per heavy atom. The van der Waals surface area contributed by atoms with Crippen molar-refractivity contribution in [3.8, 4) is 34.3 Å². The van der Waals surface area contributed by atoms with Crippen LogP contribution in [0.1, 0.15) is 25.6 Å². The van der Waals surface area contributed by atoms with Gasteiger partial charge in [0.25, 0.3) is 5.56 Å². The van der Waals surface area contributed by atoms with Crippen LogP contribution in [-0.4, -0.2) is 42.3 Å². The number of aromatic hydroxyl groups is 1. The van der Waals surface area contributed by atoms with Crippen LogP contribution in [0.3, 0.4) is 0 Å². The fourth-order valence-corrected chi connectivity index (χ4v) is 5.39. The van der Waals surface area contributed by atoms with Gasteiger partial charge in [-0.3, -0.25) is 9.36 Å². The fraction of sp³-hybridized carbons (Fsp3) is 0.222. The van der Waals surface area contributed by atoms with Crippen LogP contribution in [0.5, 0.6) is 17.4 Å². The average molecular weight is 540 g/mol. The molecule has 4 aromatic rings. The first-order valence-electron chi connectivity index (χ1n) is 11.8. The first-order chi connectivity index (χ1) is 18.2. The second-order valence-corrected chi connectivity index (χ2v) is 10.2. The molecule has 0 saturated heterocycles. The van der Waals surface area contributed by atoms with E-state index in [9.17, 15) is 22.7 Å². The molecule has 0 unspecified atom stereocenters. The van der Waals surface area contributed by atoms with Crippen LogP contribution in [0, 0.1) is 5.95 Å². The molecule has 0 fully saturated rings. The number of hydrogen-bond acceptors (Lipinski definition) is 8. The van der Waals surface area contributed by atoms with Crippen molar-refractivity contribution in [2.75, 3.05) is 14.2 Å². The maximum absolute atomic E-state index is 13.6. The van der Waals surface area contributed by atoms with Crippen molar-refractivity contribution in [2.45, 2.75) is 36.0 Å². The van der Waals surface area contributed by atoms with E-state index in [2.05, 4.69) is 9.97 Å². The standard InChI is InChI=1S/C27H26FN3O6S/c1-4-5-12-23-30-26(32)25(27(33)31(23)24-20(36-2)9-7-10-21(24)37-3)38(34,35)18-15-13-17(14-16-18)19-8-6-11-22(28)29-19/h6-11,13-16,33H,4-5,12H2,1-3H3. The number of aromatic nitrogens is 3. The lowest BCUT2D eigenvalue weighted by Gasteiger charge is -2.21. The second-order valence-electron chi connectivity index (χ2n) is 8.31. The number of para-hydroxylation sites is 1. The van der Waals surface area contributed by atoms with E-state index in [4.69, 9.17) is 9.47 Å². The van der Waals surface area contributed by atoms with Crippen molar-refractivity contribution in [1.29, 1.82) is 0 Å². The molecular formula is C27H26FN3O6S. The van der Waals surface area contributed by atoms with Crippen molar-refractivity contribution >= 4 is 9.84 Å². The van der Waals surface area contributed by atoms with Gasteiger partial charge in [-0.05, 0) is 42.8 Å². The molecule has 0 bridgehead atoms. The summed E-state index contributed by atoms with van der Waals surface area (Å²) in [6.07, 6.45) is 1.69. The molecule has 0 atom stereocenters. The minimum Gasteiger partial charge on any atom is -0.494 e. The maximum Gasteiger partial charge on any atom is 0.296 e. The number of hydrogen-bond donors (Lipinski definition) is 1. The zero-order valence-electron chi connectivity index (χ0n) is 21.0. The number of methoxy groups -OCH3 is 2. The lowest BCUT2D eigenvalue weighted by molar-refractivity contribution is 0.374. The van der Waals surface area contributed by atoms with Crippen molar-refractivity contribution in [2.24, 2.45) is 0 Å². The van der Waals surface area contributed by atoms with E-state index in [1.807, 2.05) is 6.92 Å². The van der Waals surface area contributed by atoms with Gasteiger partial charge < -0.3 is 14.6 Å². The fourth-order valence-electron chi connectivity index (χ4n) is 4.05. The highest BCUT2D eigenvalue weighted by molar-refractivity contribution is 7.91. The molecule has 0 aliphatic rings. The first kappa shape index (κ1) is 26.8. The maximum atomic E-state index is 13.6. The molecule has 0 aliphatic heterocycles. The van der Waals surface area contributed by atoms with E-state index in [0.717, 1.165) is 6.42 Å². The Balaban J connectivity index is 1.92. The van der Waals surface area contributed by atoms with Crippen molar-refractivity contribution < 1.29 is 27.4 Å². The van der Waals surface area contributed by atoms with E-state index in [1.165, 1.54) is 55.2 Å². The summed E-state index contributed by atoms with van der Waals surface area (Å²) in [4.78, 5) is 19.8. The average Bonchev–Trinajstić information content (AvgIpc) is 2.91. The van der Waals surface area contributed by atoms with Gasteiger partial charge in [-0.2, -0.15) is 9.37 Å². The molecule has 2 aromatic carbocycles. The van der Waals surface area contributed by atoms with Crippen LogP contribution in [0.2, 0.25) is 0 Å². The summed E-state index contributed by atoms with van der Waals surface area (Å²) in [5, 5.41) is 11.4. The van der Waals surface area contributed by atoms with Gasteiger partial charge in [0.2, 0.25) is 21.7 Å². The van der Waals surface area contributed by atoms with Gasteiger partial charge in [0.05, 0.1) is 24.8 Å².